The normalized spacial score (nSPS) is 13.4. The molecule has 1 rings (SSSR count). The lowest BCUT2D eigenvalue weighted by Crippen LogP contribution is -2.23. The van der Waals surface area contributed by atoms with Crippen molar-refractivity contribution in [3.05, 3.63) is 29.8 Å². The van der Waals surface area contributed by atoms with Crippen molar-refractivity contribution in [2.75, 3.05) is 0 Å². The lowest BCUT2D eigenvalue weighted by Gasteiger charge is -2.31. The zero-order chi connectivity index (χ0) is 14.6. The molecule has 1 atom stereocenters. The minimum absolute atomic E-state index is 0.199. The monoisotopic (exact) mass is 374 g/mol. The maximum Gasteiger partial charge on any atom is 0.308 e. The van der Waals surface area contributed by atoms with Crippen molar-refractivity contribution in [2.45, 2.75) is 50.4 Å². The molecule has 1 aromatic rings. The second-order valence-electron chi connectivity index (χ2n) is 5.91. The number of halogens is 1. The van der Waals surface area contributed by atoms with Crippen LogP contribution in [0.2, 0.25) is 0 Å². The van der Waals surface area contributed by atoms with Gasteiger partial charge in [0.2, 0.25) is 0 Å². The molecular weight excluding hydrogens is 351 g/mol. The first-order chi connectivity index (χ1) is 8.70. The zero-order valence-electron chi connectivity index (χ0n) is 12.4. The number of ether oxygens (including phenoxy) is 1. The third-order valence-corrected chi connectivity index (χ3v) is 3.83. The van der Waals surface area contributed by atoms with E-state index in [0.29, 0.717) is 17.6 Å². The predicted octanol–water partition coefficient (Wildman–Crippen LogP) is 4.96. The van der Waals surface area contributed by atoms with Crippen LogP contribution in [0.4, 0.5) is 0 Å². The van der Waals surface area contributed by atoms with Gasteiger partial charge in [-0.3, -0.25) is 4.79 Å². The first-order valence-electron chi connectivity index (χ1n) is 6.67. The summed E-state index contributed by atoms with van der Waals surface area (Å²) in [6, 6.07) is 7.91. The molecule has 0 radical (unpaired) electrons. The summed E-state index contributed by atoms with van der Waals surface area (Å²) in [5.41, 5.74) is 1.31. The number of hydrogen-bond donors (Lipinski definition) is 0. The quantitative estimate of drug-likeness (QED) is 0.315. The van der Waals surface area contributed by atoms with Crippen molar-refractivity contribution < 1.29 is 9.53 Å². The first kappa shape index (κ1) is 16.5. The van der Waals surface area contributed by atoms with Gasteiger partial charge in [-0.15, -0.1) is 0 Å². The molecule has 0 aliphatic carbocycles. The molecule has 0 saturated carbocycles. The van der Waals surface area contributed by atoms with E-state index in [2.05, 4.69) is 62.4 Å². The summed E-state index contributed by atoms with van der Waals surface area (Å²) in [5.74, 6) is 1.50. The maximum absolute atomic E-state index is 10.9. The average Bonchev–Trinajstić information content (AvgIpc) is 2.25. The van der Waals surface area contributed by atoms with Gasteiger partial charge in [0.15, 0.2) is 0 Å². The van der Waals surface area contributed by atoms with Crippen LogP contribution in [0.5, 0.6) is 5.75 Å². The van der Waals surface area contributed by atoms with Crippen molar-refractivity contribution in [2.24, 2.45) is 5.92 Å². The molecular formula is C16H23IO2. The van der Waals surface area contributed by atoms with E-state index in [-0.39, 0.29) is 9.39 Å². The number of rotatable bonds is 5. The van der Waals surface area contributed by atoms with Crippen LogP contribution in [0.25, 0.3) is 0 Å². The molecule has 3 heteroatoms. The van der Waals surface area contributed by atoms with Gasteiger partial charge in [-0.2, -0.15) is 0 Å². The fourth-order valence-corrected chi connectivity index (χ4v) is 2.83. The molecule has 0 aromatic heterocycles. The van der Waals surface area contributed by atoms with E-state index >= 15 is 0 Å². The number of carbonyl (C=O) groups excluding carboxylic acids is 1. The second-order valence-corrected chi connectivity index (χ2v) is 8.69. The lowest BCUT2D eigenvalue weighted by molar-refractivity contribution is -0.131. The van der Waals surface area contributed by atoms with Gasteiger partial charge < -0.3 is 4.74 Å². The zero-order valence-corrected chi connectivity index (χ0v) is 14.5. The number of benzene rings is 1. The van der Waals surface area contributed by atoms with Crippen LogP contribution in [-0.4, -0.2) is 9.39 Å². The summed E-state index contributed by atoms with van der Waals surface area (Å²) in [5, 5.41) is 0. The van der Waals surface area contributed by atoms with Gasteiger partial charge >= 0.3 is 5.97 Å². The van der Waals surface area contributed by atoms with E-state index in [1.807, 2.05) is 12.1 Å². The predicted molar refractivity (Wildman–Crippen MR) is 88.0 cm³/mol. The molecule has 0 aliphatic heterocycles. The van der Waals surface area contributed by atoms with Crippen LogP contribution >= 0.6 is 22.6 Å². The molecule has 1 unspecified atom stereocenters. The highest BCUT2D eigenvalue weighted by Crippen LogP contribution is 2.40. The van der Waals surface area contributed by atoms with Gasteiger partial charge in [-0.25, -0.2) is 0 Å². The Labute approximate surface area is 130 Å². The van der Waals surface area contributed by atoms with Crippen LogP contribution in [0.1, 0.15) is 52.5 Å². The van der Waals surface area contributed by atoms with Gasteiger partial charge in [0.25, 0.3) is 0 Å². The van der Waals surface area contributed by atoms with E-state index < -0.39 is 0 Å². The molecule has 2 nitrogen and oxygen atoms in total. The van der Waals surface area contributed by atoms with Crippen molar-refractivity contribution in [1.29, 1.82) is 0 Å². The number of esters is 1. The largest absolute Gasteiger partial charge is 0.427 e. The van der Waals surface area contributed by atoms with Crippen LogP contribution in [0, 0.1) is 5.92 Å². The van der Waals surface area contributed by atoms with Crippen LogP contribution in [-0.2, 0) is 4.79 Å². The summed E-state index contributed by atoms with van der Waals surface area (Å²) in [6.07, 6.45) is 1.16. The molecule has 19 heavy (non-hydrogen) atoms. The van der Waals surface area contributed by atoms with Crippen molar-refractivity contribution in [3.8, 4) is 5.75 Å². The summed E-state index contributed by atoms with van der Waals surface area (Å²) >= 11 is 2.52. The summed E-state index contributed by atoms with van der Waals surface area (Å²) in [7, 11) is 0. The molecule has 0 saturated heterocycles. The summed E-state index contributed by atoms with van der Waals surface area (Å²) < 4.78 is 5.27. The van der Waals surface area contributed by atoms with Crippen molar-refractivity contribution >= 4 is 28.6 Å². The Kier molecular flexibility index (Phi) is 5.83. The third-order valence-electron chi connectivity index (χ3n) is 3.08. The topological polar surface area (TPSA) is 26.3 Å². The molecule has 0 bridgehead atoms. The minimum atomic E-state index is -0.277. The SMILES string of the molecule is CC(=O)Oc1ccc(C(CC(C)C)C(C)(C)I)cc1. The van der Waals surface area contributed by atoms with E-state index in [9.17, 15) is 4.79 Å². The van der Waals surface area contributed by atoms with E-state index in [1.54, 1.807) is 0 Å². The van der Waals surface area contributed by atoms with Crippen LogP contribution in [0.3, 0.4) is 0 Å². The van der Waals surface area contributed by atoms with Crippen LogP contribution < -0.4 is 4.74 Å². The van der Waals surface area contributed by atoms with Gasteiger partial charge in [0, 0.05) is 10.3 Å². The molecule has 0 N–H and O–H groups in total. The molecule has 0 amide bonds. The summed E-state index contributed by atoms with van der Waals surface area (Å²) in [4.78, 5) is 10.9. The molecule has 1 aromatic carbocycles. The molecule has 0 aliphatic rings. The minimum Gasteiger partial charge on any atom is -0.427 e. The van der Waals surface area contributed by atoms with Crippen molar-refractivity contribution in [3.63, 3.8) is 0 Å². The second kappa shape index (κ2) is 6.73. The molecule has 0 fully saturated rings. The Bertz CT molecular complexity index is 415. The van der Waals surface area contributed by atoms with Crippen LogP contribution in [0.15, 0.2) is 24.3 Å². The fourth-order valence-electron chi connectivity index (χ4n) is 2.22. The van der Waals surface area contributed by atoms with E-state index in [1.165, 1.54) is 12.5 Å². The van der Waals surface area contributed by atoms with Gasteiger partial charge in [0.1, 0.15) is 5.75 Å². The Morgan fingerprint density at radius 2 is 1.79 bits per heavy atom. The Morgan fingerprint density at radius 1 is 1.26 bits per heavy atom. The Balaban J connectivity index is 2.94. The maximum atomic E-state index is 10.9. The Hall–Kier alpha value is -0.580. The first-order valence-corrected chi connectivity index (χ1v) is 7.75. The fraction of sp³-hybridized carbons (Fsp3) is 0.562. The standard InChI is InChI=1S/C16H23IO2/c1-11(2)10-15(16(4,5)17)13-6-8-14(9-7-13)19-12(3)18/h6-9,11,15H,10H2,1-5H3. The van der Waals surface area contributed by atoms with Gasteiger partial charge in [0.05, 0.1) is 0 Å². The summed E-state index contributed by atoms with van der Waals surface area (Å²) in [6.45, 7) is 10.5. The Morgan fingerprint density at radius 3 is 2.16 bits per heavy atom. The van der Waals surface area contributed by atoms with E-state index in [0.717, 1.165) is 6.42 Å². The van der Waals surface area contributed by atoms with E-state index in [4.69, 9.17) is 4.74 Å². The smallest absolute Gasteiger partial charge is 0.308 e. The highest BCUT2D eigenvalue weighted by atomic mass is 127. The average molecular weight is 374 g/mol. The molecule has 0 heterocycles. The number of alkyl halides is 1. The van der Waals surface area contributed by atoms with Gasteiger partial charge in [-0.05, 0) is 36.0 Å². The molecule has 0 spiro atoms. The number of carbonyl (C=O) groups is 1. The highest BCUT2D eigenvalue weighted by Gasteiger charge is 2.28. The number of hydrogen-bond acceptors (Lipinski definition) is 2. The molecule has 106 valence electrons. The van der Waals surface area contributed by atoms with Gasteiger partial charge in [-0.1, -0.05) is 62.4 Å². The van der Waals surface area contributed by atoms with Crippen molar-refractivity contribution in [1.82, 2.24) is 0 Å². The third kappa shape index (κ3) is 5.51. The lowest BCUT2D eigenvalue weighted by atomic mass is 9.82. The highest BCUT2D eigenvalue weighted by molar-refractivity contribution is 14.1.